The Morgan fingerprint density at radius 1 is 1.50 bits per heavy atom. The first-order chi connectivity index (χ1) is 4.42. The van der Waals surface area contributed by atoms with Crippen molar-refractivity contribution in [1.82, 2.24) is 0 Å². The fourth-order valence-corrected chi connectivity index (χ4v) is 0.620. The normalized spacial score (nSPS) is 11.1. The second kappa shape index (κ2) is 3.01. The SMILES string of the molecule is CC(C)(C(=O)O)C(=O)CCl. The van der Waals surface area contributed by atoms with Crippen molar-refractivity contribution in [2.75, 3.05) is 5.88 Å². The first-order valence-corrected chi connectivity index (χ1v) is 3.29. The summed E-state index contributed by atoms with van der Waals surface area (Å²) in [6.45, 7) is 2.67. The summed E-state index contributed by atoms with van der Waals surface area (Å²) in [7, 11) is 0. The molecule has 1 N–H and O–H groups in total. The van der Waals surface area contributed by atoms with Gasteiger partial charge in [0.2, 0.25) is 0 Å². The number of carbonyl (C=O) groups excluding carboxylic acids is 1. The van der Waals surface area contributed by atoms with Crippen molar-refractivity contribution in [2.24, 2.45) is 5.41 Å². The van der Waals surface area contributed by atoms with Crippen molar-refractivity contribution in [3.05, 3.63) is 0 Å². The Bertz CT molecular complexity index is 162. The number of hydrogen-bond donors (Lipinski definition) is 1. The Balaban J connectivity index is 4.40. The molecular weight excluding hydrogens is 156 g/mol. The molecule has 0 aliphatic rings. The van der Waals surface area contributed by atoms with Crippen LogP contribution in [0.5, 0.6) is 0 Å². The van der Waals surface area contributed by atoms with Crippen molar-refractivity contribution in [1.29, 1.82) is 0 Å². The van der Waals surface area contributed by atoms with Gasteiger partial charge in [0.1, 0.15) is 5.41 Å². The summed E-state index contributed by atoms with van der Waals surface area (Å²) in [5, 5.41) is 8.46. The first kappa shape index (κ1) is 9.43. The summed E-state index contributed by atoms with van der Waals surface area (Å²) in [5.41, 5.74) is -1.35. The van der Waals surface area contributed by atoms with Crippen molar-refractivity contribution < 1.29 is 14.7 Å². The van der Waals surface area contributed by atoms with Crippen LogP contribution in [0.3, 0.4) is 0 Å². The molecule has 0 aromatic rings. The summed E-state index contributed by atoms with van der Waals surface area (Å²) in [5.74, 6) is -1.86. The lowest BCUT2D eigenvalue weighted by molar-refractivity contribution is -0.151. The second-order valence-corrected chi connectivity index (χ2v) is 2.75. The summed E-state index contributed by atoms with van der Waals surface area (Å²) in [6, 6.07) is 0. The zero-order valence-electron chi connectivity index (χ0n) is 5.85. The predicted molar refractivity (Wildman–Crippen MR) is 37.1 cm³/mol. The van der Waals surface area contributed by atoms with Crippen LogP contribution in [0.4, 0.5) is 0 Å². The third-order valence-corrected chi connectivity index (χ3v) is 1.60. The van der Waals surface area contributed by atoms with Gasteiger partial charge in [0.05, 0.1) is 5.88 Å². The molecule has 0 heterocycles. The molecule has 0 bridgehead atoms. The van der Waals surface area contributed by atoms with Gasteiger partial charge in [0.25, 0.3) is 0 Å². The first-order valence-electron chi connectivity index (χ1n) is 2.75. The number of ketones is 1. The molecule has 0 unspecified atom stereocenters. The number of carbonyl (C=O) groups is 2. The van der Waals surface area contributed by atoms with Gasteiger partial charge >= 0.3 is 5.97 Å². The molecule has 0 atom stereocenters. The van der Waals surface area contributed by atoms with Gasteiger partial charge in [-0.25, -0.2) is 0 Å². The largest absolute Gasteiger partial charge is 0.481 e. The topological polar surface area (TPSA) is 54.4 Å². The molecule has 3 nitrogen and oxygen atoms in total. The molecule has 4 heteroatoms. The Morgan fingerprint density at radius 3 is 2.00 bits per heavy atom. The molecular formula is C6H9ClO3. The quantitative estimate of drug-likeness (QED) is 0.498. The average Bonchev–Trinajstić information content (AvgIpc) is 1.86. The van der Waals surface area contributed by atoms with E-state index in [2.05, 4.69) is 0 Å². The lowest BCUT2D eigenvalue weighted by Gasteiger charge is -2.14. The molecule has 0 aliphatic carbocycles. The van der Waals surface area contributed by atoms with Gasteiger partial charge in [0.15, 0.2) is 5.78 Å². The molecule has 0 rings (SSSR count). The number of rotatable bonds is 3. The van der Waals surface area contributed by atoms with E-state index in [1.54, 1.807) is 0 Å². The summed E-state index contributed by atoms with van der Waals surface area (Å²) in [4.78, 5) is 21.1. The van der Waals surface area contributed by atoms with E-state index in [-0.39, 0.29) is 5.88 Å². The van der Waals surface area contributed by atoms with Crippen LogP contribution in [0.15, 0.2) is 0 Å². The third kappa shape index (κ3) is 1.70. The molecule has 0 radical (unpaired) electrons. The third-order valence-electron chi connectivity index (χ3n) is 1.35. The number of carboxylic acids is 1. The molecule has 0 saturated carbocycles. The minimum absolute atomic E-state index is 0.251. The van der Waals surface area contributed by atoms with E-state index in [1.165, 1.54) is 13.8 Å². The highest BCUT2D eigenvalue weighted by molar-refractivity contribution is 6.30. The number of carboxylic acid groups (broad SMARTS) is 1. The predicted octanol–water partition coefficient (Wildman–Crippen LogP) is 0.905. The summed E-state index contributed by atoms with van der Waals surface area (Å²) >= 11 is 5.17. The summed E-state index contributed by atoms with van der Waals surface area (Å²) < 4.78 is 0. The molecule has 0 aliphatic heterocycles. The van der Waals surface area contributed by atoms with E-state index in [0.717, 1.165) is 0 Å². The smallest absolute Gasteiger partial charge is 0.316 e. The number of Topliss-reactive ketones (excluding diaryl/α,β-unsaturated/α-hetero) is 1. The fourth-order valence-electron chi connectivity index (χ4n) is 0.286. The lowest BCUT2D eigenvalue weighted by Crippen LogP contribution is -2.34. The van der Waals surface area contributed by atoms with Gasteiger partial charge in [-0.15, -0.1) is 11.6 Å². The van der Waals surface area contributed by atoms with Gasteiger partial charge in [-0.2, -0.15) is 0 Å². The van der Waals surface area contributed by atoms with Crippen LogP contribution in [0.25, 0.3) is 0 Å². The molecule has 0 amide bonds. The average molecular weight is 165 g/mol. The second-order valence-electron chi connectivity index (χ2n) is 2.49. The number of alkyl halides is 1. The molecule has 0 fully saturated rings. The van der Waals surface area contributed by atoms with Crippen LogP contribution >= 0.6 is 11.6 Å². The Kier molecular flexibility index (Phi) is 2.84. The van der Waals surface area contributed by atoms with Gasteiger partial charge in [0, 0.05) is 0 Å². The fraction of sp³-hybridized carbons (Fsp3) is 0.667. The van der Waals surface area contributed by atoms with E-state index < -0.39 is 17.2 Å². The van der Waals surface area contributed by atoms with Gasteiger partial charge in [-0.1, -0.05) is 0 Å². The molecule has 0 saturated heterocycles. The van der Waals surface area contributed by atoms with Crippen LogP contribution in [0.1, 0.15) is 13.8 Å². The van der Waals surface area contributed by atoms with Gasteiger partial charge in [-0.3, -0.25) is 9.59 Å². The maximum atomic E-state index is 10.8. The maximum Gasteiger partial charge on any atom is 0.316 e. The van der Waals surface area contributed by atoms with Crippen molar-refractivity contribution >= 4 is 23.4 Å². The van der Waals surface area contributed by atoms with E-state index in [1.807, 2.05) is 0 Å². The molecule has 58 valence electrons. The highest BCUT2D eigenvalue weighted by atomic mass is 35.5. The Hall–Kier alpha value is -0.570. The number of halogens is 1. The monoisotopic (exact) mass is 164 g/mol. The van der Waals surface area contributed by atoms with Crippen molar-refractivity contribution in [2.45, 2.75) is 13.8 Å². The van der Waals surface area contributed by atoms with Gasteiger partial charge < -0.3 is 5.11 Å². The molecule has 0 spiro atoms. The highest BCUT2D eigenvalue weighted by Gasteiger charge is 2.34. The maximum absolute atomic E-state index is 10.8. The van der Waals surface area contributed by atoms with E-state index in [0.29, 0.717) is 0 Å². The van der Waals surface area contributed by atoms with Crippen LogP contribution in [0.2, 0.25) is 0 Å². The molecule has 0 aromatic heterocycles. The number of aliphatic carboxylic acids is 1. The summed E-state index contributed by atoms with van der Waals surface area (Å²) in [6.07, 6.45) is 0. The highest BCUT2D eigenvalue weighted by Crippen LogP contribution is 2.16. The van der Waals surface area contributed by atoms with Crippen molar-refractivity contribution in [3.63, 3.8) is 0 Å². The standard InChI is InChI=1S/C6H9ClO3/c1-6(2,5(9)10)4(8)3-7/h3H2,1-2H3,(H,9,10). The van der Waals surface area contributed by atoms with Gasteiger partial charge in [-0.05, 0) is 13.8 Å². The van der Waals surface area contributed by atoms with E-state index >= 15 is 0 Å². The number of hydrogen-bond acceptors (Lipinski definition) is 2. The minimum Gasteiger partial charge on any atom is -0.481 e. The van der Waals surface area contributed by atoms with E-state index in [9.17, 15) is 9.59 Å². The zero-order chi connectivity index (χ0) is 8.36. The van der Waals surface area contributed by atoms with Crippen LogP contribution in [-0.4, -0.2) is 22.7 Å². The molecule has 10 heavy (non-hydrogen) atoms. The Labute approximate surface area is 64.0 Å². The van der Waals surface area contributed by atoms with Crippen LogP contribution in [0, 0.1) is 5.41 Å². The molecule has 0 aromatic carbocycles. The minimum atomic E-state index is -1.35. The van der Waals surface area contributed by atoms with Crippen molar-refractivity contribution in [3.8, 4) is 0 Å². The lowest BCUT2D eigenvalue weighted by atomic mass is 9.89. The van der Waals surface area contributed by atoms with E-state index in [4.69, 9.17) is 16.7 Å². The van der Waals surface area contributed by atoms with Crippen LogP contribution in [-0.2, 0) is 9.59 Å². The Morgan fingerprint density at radius 2 is 1.90 bits per heavy atom. The zero-order valence-corrected chi connectivity index (χ0v) is 6.60. The van der Waals surface area contributed by atoms with Crippen LogP contribution < -0.4 is 0 Å².